The number of carbonyl (C=O) groups is 4. The number of nitrogens with zero attached hydrogens (tertiary/aromatic N) is 2. The van der Waals surface area contributed by atoms with Crippen LogP contribution in [0.25, 0.3) is 0 Å². The number of hydrogen-bond acceptors (Lipinski definition) is 5. The van der Waals surface area contributed by atoms with Crippen molar-refractivity contribution in [1.29, 1.82) is 0 Å². The number of ether oxygens (including phenoxy) is 1. The molecule has 3 atom stereocenters. The number of nitrogens with one attached hydrogen (secondary N) is 1. The van der Waals surface area contributed by atoms with Gasteiger partial charge in [-0.1, -0.05) is 39.0 Å². The standard InChI is InChI=1S/C26H35N3O6/c1-25(2,3)21(27-24(34)35-18-11-7-8-12-18)22(31)29-16-26(13-19(29)23(32)33)14-20(30)28(15-26)17-9-5-4-6-10-17/h4-6,9-10,18-19,21H,7-8,11-16H2,1-3H3,(H,27,34)(H,32,33)/t19-,21?,26-/m0/s1. The van der Waals surface area contributed by atoms with Crippen molar-refractivity contribution in [3.63, 3.8) is 0 Å². The van der Waals surface area contributed by atoms with Crippen LogP contribution in [-0.4, -0.2) is 65.2 Å². The lowest BCUT2D eigenvalue weighted by Gasteiger charge is -2.35. The molecule has 9 heteroatoms. The van der Waals surface area contributed by atoms with Gasteiger partial charge in [0.2, 0.25) is 11.8 Å². The zero-order valence-electron chi connectivity index (χ0n) is 20.7. The number of anilines is 1. The number of benzene rings is 1. The molecule has 2 N–H and O–H groups in total. The molecule has 35 heavy (non-hydrogen) atoms. The lowest BCUT2D eigenvalue weighted by molar-refractivity contribution is -0.150. The number of carboxylic acid groups (broad SMARTS) is 1. The van der Waals surface area contributed by atoms with E-state index in [0.29, 0.717) is 6.54 Å². The third kappa shape index (κ3) is 5.28. The van der Waals surface area contributed by atoms with Gasteiger partial charge in [-0.15, -0.1) is 0 Å². The van der Waals surface area contributed by atoms with Crippen molar-refractivity contribution in [3.05, 3.63) is 30.3 Å². The SMILES string of the molecule is CC(C)(C)C(NC(=O)OC1CCCC1)C(=O)N1C[C@]2(CC(=O)N(c3ccccc3)C2)C[C@H]1C(=O)O. The van der Waals surface area contributed by atoms with Gasteiger partial charge in [0.05, 0.1) is 0 Å². The number of alkyl carbamates (subject to hydrolysis) is 1. The molecule has 0 aromatic heterocycles. The zero-order valence-corrected chi connectivity index (χ0v) is 20.7. The zero-order chi connectivity index (χ0) is 25.4. The fourth-order valence-corrected chi connectivity index (χ4v) is 5.61. The lowest BCUT2D eigenvalue weighted by atomic mass is 9.84. The van der Waals surface area contributed by atoms with Gasteiger partial charge in [-0.05, 0) is 49.7 Å². The number of carbonyl (C=O) groups excluding carboxylic acids is 3. The Bertz CT molecular complexity index is 985. The third-order valence-corrected chi connectivity index (χ3v) is 7.42. The molecule has 2 aliphatic heterocycles. The molecule has 1 spiro atoms. The molecular weight excluding hydrogens is 450 g/mol. The first-order valence-electron chi connectivity index (χ1n) is 12.3. The van der Waals surface area contributed by atoms with E-state index in [1.807, 2.05) is 51.1 Å². The minimum absolute atomic E-state index is 0.0831. The van der Waals surface area contributed by atoms with Crippen molar-refractivity contribution in [3.8, 4) is 0 Å². The first-order chi connectivity index (χ1) is 16.5. The fourth-order valence-electron chi connectivity index (χ4n) is 5.61. The summed E-state index contributed by atoms with van der Waals surface area (Å²) >= 11 is 0. The second-order valence-corrected chi connectivity index (χ2v) is 11.3. The van der Waals surface area contributed by atoms with Crippen LogP contribution < -0.4 is 10.2 Å². The van der Waals surface area contributed by atoms with Crippen LogP contribution in [0.4, 0.5) is 10.5 Å². The van der Waals surface area contributed by atoms with Crippen LogP contribution in [0.15, 0.2) is 30.3 Å². The highest BCUT2D eigenvalue weighted by atomic mass is 16.6. The molecule has 0 radical (unpaired) electrons. The van der Waals surface area contributed by atoms with Crippen molar-refractivity contribution < 1.29 is 29.0 Å². The number of rotatable bonds is 5. The lowest BCUT2D eigenvalue weighted by Crippen LogP contribution is -2.57. The summed E-state index contributed by atoms with van der Waals surface area (Å²) in [6.45, 7) is 5.96. The second-order valence-electron chi connectivity index (χ2n) is 11.3. The molecule has 3 fully saturated rings. The van der Waals surface area contributed by atoms with E-state index in [1.54, 1.807) is 4.90 Å². The summed E-state index contributed by atoms with van der Waals surface area (Å²) in [5, 5.41) is 12.7. The molecule has 3 amide bonds. The van der Waals surface area contributed by atoms with Crippen LogP contribution in [-0.2, 0) is 19.1 Å². The van der Waals surface area contributed by atoms with Gasteiger partial charge in [0.1, 0.15) is 18.2 Å². The molecule has 2 saturated heterocycles. The van der Waals surface area contributed by atoms with Gasteiger partial charge >= 0.3 is 12.1 Å². The smallest absolute Gasteiger partial charge is 0.408 e. The summed E-state index contributed by atoms with van der Waals surface area (Å²) in [7, 11) is 0. The summed E-state index contributed by atoms with van der Waals surface area (Å²) < 4.78 is 5.51. The summed E-state index contributed by atoms with van der Waals surface area (Å²) in [6.07, 6.45) is 3.19. The largest absolute Gasteiger partial charge is 0.480 e. The predicted molar refractivity (Wildman–Crippen MR) is 129 cm³/mol. The number of hydrogen-bond donors (Lipinski definition) is 2. The highest BCUT2D eigenvalue weighted by molar-refractivity contribution is 5.97. The fraction of sp³-hybridized carbons (Fsp3) is 0.615. The third-order valence-electron chi connectivity index (χ3n) is 7.42. The number of amides is 3. The van der Waals surface area contributed by atoms with E-state index in [1.165, 1.54) is 4.90 Å². The van der Waals surface area contributed by atoms with Gasteiger partial charge in [-0.25, -0.2) is 9.59 Å². The molecule has 190 valence electrons. The highest BCUT2D eigenvalue weighted by Gasteiger charge is 2.56. The van der Waals surface area contributed by atoms with Crippen LogP contribution in [0.5, 0.6) is 0 Å². The predicted octanol–water partition coefficient (Wildman–Crippen LogP) is 3.18. The Kier molecular flexibility index (Phi) is 6.79. The first-order valence-corrected chi connectivity index (χ1v) is 12.3. The van der Waals surface area contributed by atoms with E-state index >= 15 is 0 Å². The average Bonchev–Trinajstić information content (AvgIpc) is 3.51. The Balaban J connectivity index is 1.53. The Morgan fingerprint density at radius 2 is 1.77 bits per heavy atom. The molecule has 2 heterocycles. The Morgan fingerprint density at radius 3 is 2.37 bits per heavy atom. The minimum Gasteiger partial charge on any atom is -0.480 e. The number of carboxylic acids is 1. The average molecular weight is 486 g/mol. The van der Waals surface area contributed by atoms with Crippen molar-refractivity contribution in [2.75, 3.05) is 18.0 Å². The first kappa shape index (κ1) is 25.0. The molecule has 1 aromatic carbocycles. The number of para-hydroxylation sites is 1. The molecule has 0 bridgehead atoms. The minimum atomic E-state index is -1.11. The van der Waals surface area contributed by atoms with E-state index in [2.05, 4.69) is 5.32 Å². The van der Waals surface area contributed by atoms with E-state index in [0.717, 1.165) is 31.4 Å². The Labute approximate surface area is 205 Å². The van der Waals surface area contributed by atoms with Crippen LogP contribution in [0.1, 0.15) is 59.3 Å². The van der Waals surface area contributed by atoms with Crippen LogP contribution in [0.2, 0.25) is 0 Å². The van der Waals surface area contributed by atoms with Gasteiger partial charge in [0.25, 0.3) is 0 Å². The van der Waals surface area contributed by atoms with Gasteiger partial charge in [-0.2, -0.15) is 0 Å². The molecule has 4 rings (SSSR count). The summed E-state index contributed by atoms with van der Waals surface area (Å²) in [5.74, 6) is -1.65. The number of likely N-dealkylation sites (tertiary alicyclic amines) is 1. The van der Waals surface area contributed by atoms with E-state index in [-0.39, 0.29) is 31.4 Å². The van der Waals surface area contributed by atoms with Crippen LogP contribution in [0, 0.1) is 10.8 Å². The second kappa shape index (κ2) is 9.51. The quantitative estimate of drug-likeness (QED) is 0.662. The van der Waals surface area contributed by atoms with Crippen LogP contribution >= 0.6 is 0 Å². The van der Waals surface area contributed by atoms with Crippen molar-refractivity contribution in [2.45, 2.75) is 77.5 Å². The topological polar surface area (TPSA) is 116 Å². The molecule has 1 saturated carbocycles. The molecular formula is C26H35N3O6. The molecule has 1 aromatic rings. The monoisotopic (exact) mass is 485 g/mol. The summed E-state index contributed by atoms with van der Waals surface area (Å²) in [5.41, 5.74) is -0.570. The van der Waals surface area contributed by atoms with Gasteiger partial charge in [-0.3, -0.25) is 9.59 Å². The maximum absolute atomic E-state index is 13.7. The molecule has 1 unspecified atom stereocenters. The summed E-state index contributed by atoms with van der Waals surface area (Å²) in [4.78, 5) is 54.5. The normalized spacial score (nSPS) is 25.8. The van der Waals surface area contributed by atoms with E-state index < -0.39 is 40.9 Å². The Hall–Kier alpha value is -3.10. The van der Waals surface area contributed by atoms with Gasteiger partial charge < -0.3 is 25.0 Å². The van der Waals surface area contributed by atoms with Crippen molar-refractivity contribution in [2.24, 2.45) is 10.8 Å². The maximum atomic E-state index is 13.7. The van der Waals surface area contributed by atoms with Gasteiger partial charge in [0, 0.05) is 30.6 Å². The van der Waals surface area contributed by atoms with Crippen molar-refractivity contribution >= 4 is 29.6 Å². The van der Waals surface area contributed by atoms with E-state index in [4.69, 9.17) is 4.74 Å². The Morgan fingerprint density at radius 1 is 1.11 bits per heavy atom. The maximum Gasteiger partial charge on any atom is 0.408 e. The number of aliphatic carboxylic acids is 1. The van der Waals surface area contributed by atoms with Crippen LogP contribution in [0.3, 0.4) is 0 Å². The highest BCUT2D eigenvalue weighted by Crippen LogP contribution is 2.45. The molecule has 9 nitrogen and oxygen atoms in total. The molecule has 1 aliphatic carbocycles. The van der Waals surface area contributed by atoms with Crippen molar-refractivity contribution in [1.82, 2.24) is 10.2 Å². The summed E-state index contributed by atoms with van der Waals surface area (Å²) in [6, 6.07) is 7.23. The molecule has 3 aliphatic rings. The van der Waals surface area contributed by atoms with E-state index in [9.17, 15) is 24.3 Å². The van der Waals surface area contributed by atoms with Gasteiger partial charge in [0.15, 0.2) is 0 Å².